The Morgan fingerprint density at radius 3 is 2.71 bits per heavy atom. The van der Waals surface area contributed by atoms with Crippen LogP contribution < -0.4 is 16.2 Å². The molecule has 0 atom stereocenters. The van der Waals surface area contributed by atoms with E-state index in [2.05, 4.69) is 4.98 Å². The second kappa shape index (κ2) is 4.17. The van der Waals surface area contributed by atoms with Gasteiger partial charge < -0.3 is 20.8 Å². The lowest BCUT2D eigenvalue weighted by Crippen LogP contribution is -2.11. The number of amides is 1. The largest absolute Gasteiger partial charge is 0.497 e. The minimum Gasteiger partial charge on any atom is -0.497 e. The number of hydrogen-bond acceptors (Lipinski definition) is 4. The van der Waals surface area contributed by atoms with Crippen LogP contribution in [0.4, 0.5) is 5.82 Å². The Morgan fingerprint density at radius 2 is 2.18 bits per heavy atom. The molecule has 17 heavy (non-hydrogen) atoms. The maximum absolute atomic E-state index is 11.2. The molecule has 1 aromatic heterocycles. The summed E-state index contributed by atoms with van der Waals surface area (Å²) >= 11 is 0. The van der Waals surface area contributed by atoms with Crippen molar-refractivity contribution in [3.8, 4) is 11.4 Å². The summed E-state index contributed by atoms with van der Waals surface area (Å²) in [6.45, 7) is 0. The fourth-order valence-corrected chi connectivity index (χ4v) is 1.47. The molecule has 0 spiro atoms. The van der Waals surface area contributed by atoms with Gasteiger partial charge in [-0.05, 0) is 12.1 Å². The number of nitrogens with zero attached hydrogens (tertiary/aromatic N) is 2. The van der Waals surface area contributed by atoms with Crippen molar-refractivity contribution in [2.24, 2.45) is 5.73 Å². The molecule has 0 aliphatic rings. The fraction of sp³-hybridized carbons (Fsp3) is 0.0909. The Balaban J connectivity index is 2.53. The van der Waals surface area contributed by atoms with Crippen molar-refractivity contribution in [1.29, 1.82) is 0 Å². The number of carbonyl (C=O) groups excluding carboxylic acids is 1. The molecule has 0 saturated heterocycles. The van der Waals surface area contributed by atoms with Gasteiger partial charge in [-0.25, -0.2) is 4.98 Å². The normalized spacial score (nSPS) is 10.2. The summed E-state index contributed by atoms with van der Waals surface area (Å²) in [5.74, 6) is 0.426. The maximum atomic E-state index is 11.2. The summed E-state index contributed by atoms with van der Waals surface area (Å²) in [5, 5.41) is 0. The van der Waals surface area contributed by atoms with E-state index < -0.39 is 5.91 Å². The van der Waals surface area contributed by atoms with Crippen molar-refractivity contribution in [3.63, 3.8) is 0 Å². The molecule has 88 valence electrons. The molecular formula is C11H12N4O2. The Kier molecular flexibility index (Phi) is 2.70. The predicted molar refractivity (Wildman–Crippen MR) is 63.0 cm³/mol. The highest BCUT2D eigenvalue weighted by Crippen LogP contribution is 2.20. The van der Waals surface area contributed by atoms with E-state index >= 15 is 0 Å². The number of ether oxygens (including phenoxy) is 1. The number of carbonyl (C=O) groups is 1. The minimum absolute atomic E-state index is 0.367. The first-order valence-electron chi connectivity index (χ1n) is 4.89. The van der Waals surface area contributed by atoms with Crippen LogP contribution >= 0.6 is 0 Å². The Bertz CT molecular complexity index is 562. The monoisotopic (exact) mass is 232 g/mol. The van der Waals surface area contributed by atoms with Crippen molar-refractivity contribution in [2.75, 3.05) is 12.8 Å². The van der Waals surface area contributed by atoms with Crippen LogP contribution in [0.5, 0.6) is 5.75 Å². The highest BCUT2D eigenvalue weighted by Gasteiger charge is 2.07. The number of methoxy groups -OCH3 is 1. The third-order valence-electron chi connectivity index (χ3n) is 2.31. The SMILES string of the molecule is COc1cc(C(N)=O)cc(-n2cnc(N)c2)c1. The average Bonchev–Trinajstić information content (AvgIpc) is 2.75. The fourth-order valence-electron chi connectivity index (χ4n) is 1.47. The van der Waals surface area contributed by atoms with Gasteiger partial charge in [-0.1, -0.05) is 0 Å². The van der Waals surface area contributed by atoms with Crippen LogP contribution in [0.1, 0.15) is 10.4 Å². The van der Waals surface area contributed by atoms with Crippen LogP contribution in [0.25, 0.3) is 5.69 Å². The van der Waals surface area contributed by atoms with Crippen LogP contribution in [-0.4, -0.2) is 22.6 Å². The number of benzene rings is 1. The zero-order valence-electron chi connectivity index (χ0n) is 9.25. The molecule has 1 aromatic carbocycles. The molecule has 2 rings (SSSR count). The van der Waals surface area contributed by atoms with Crippen molar-refractivity contribution in [3.05, 3.63) is 36.3 Å². The van der Waals surface area contributed by atoms with E-state index in [0.29, 0.717) is 22.8 Å². The molecule has 0 aliphatic carbocycles. The zero-order valence-corrected chi connectivity index (χ0v) is 9.25. The second-order valence-electron chi connectivity index (χ2n) is 3.49. The lowest BCUT2D eigenvalue weighted by molar-refractivity contribution is 0.1000. The van der Waals surface area contributed by atoms with Crippen molar-refractivity contribution < 1.29 is 9.53 Å². The predicted octanol–water partition coefficient (Wildman–Crippen LogP) is 0.562. The zero-order chi connectivity index (χ0) is 12.4. The van der Waals surface area contributed by atoms with Crippen LogP contribution in [0.2, 0.25) is 0 Å². The molecular weight excluding hydrogens is 220 g/mol. The summed E-state index contributed by atoms with van der Waals surface area (Å²) < 4.78 is 6.79. The molecule has 0 radical (unpaired) electrons. The van der Waals surface area contributed by atoms with E-state index in [1.807, 2.05) is 0 Å². The summed E-state index contributed by atoms with van der Waals surface area (Å²) in [5.41, 5.74) is 11.9. The number of hydrogen-bond donors (Lipinski definition) is 2. The van der Waals surface area contributed by atoms with E-state index in [4.69, 9.17) is 16.2 Å². The highest BCUT2D eigenvalue weighted by atomic mass is 16.5. The number of nitrogen functional groups attached to an aromatic ring is 1. The first kappa shape index (κ1) is 11.0. The van der Waals surface area contributed by atoms with Gasteiger partial charge >= 0.3 is 0 Å². The van der Waals surface area contributed by atoms with Gasteiger partial charge in [0.2, 0.25) is 5.91 Å². The van der Waals surface area contributed by atoms with E-state index in [-0.39, 0.29) is 0 Å². The van der Waals surface area contributed by atoms with Gasteiger partial charge in [0, 0.05) is 11.6 Å². The molecule has 1 amide bonds. The van der Waals surface area contributed by atoms with Gasteiger partial charge in [-0.15, -0.1) is 0 Å². The molecule has 0 unspecified atom stereocenters. The lowest BCUT2D eigenvalue weighted by atomic mass is 10.1. The topological polar surface area (TPSA) is 96.2 Å². The molecule has 0 saturated carbocycles. The average molecular weight is 232 g/mol. The first-order chi connectivity index (χ1) is 8.10. The standard InChI is InChI=1S/C11H12N4O2/c1-17-9-3-7(11(13)16)2-8(4-9)15-5-10(12)14-6-15/h2-6H,12H2,1H3,(H2,13,16). The molecule has 0 bridgehead atoms. The van der Waals surface area contributed by atoms with E-state index in [1.165, 1.54) is 7.11 Å². The second-order valence-corrected chi connectivity index (χ2v) is 3.49. The molecule has 6 nitrogen and oxygen atoms in total. The van der Waals surface area contributed by atoms with Gasteiger partial charge in [-0.2, -0.15) is 0 Å². The molecule has 0 aliphatic heterocycles. The van der Waals surface area contributed by atoms with Crippen LogP contribution in [0, 0.1) is 0 Å². The number of aromatic nitrogens is 2. The highest BCUT2D eigenvalue weighted by molar-refractivity contribution is 5.93. The maximum Gasteiger partial charge on any atom is 0.248 e. The third kappa shape index (κ3) is 2.20. The number of anilines is 1. The van der Waals surface area contributed by atoms with Crippen molar-refractivity contribution >= 4 is 11.7 Å². The van der Waals surface area contributed by atoms with Gasteiger partial charge in [0.25, 0.3) is 0 Å². The summed E-state index contributed by atoms with van der Waals surface area (Å²) in [6.07, 6.45) is 3.19. The van der Waals surface area contributed by atoms with Gasteiger partial charge in [0.15, 0.2) is 0 Å². The van der Waals surface area contributed by atoms with Crippen molar-refractivity contribution in [1.82, 2.24) is 9.55 Å². The van der Waals surface area contributed by atoms with E-state index in [9.17, 15) is 4.79 Å². The van der Waals surface area contributed by atoms with Crippen molar-refractivity contribution in [2.45, 2.75) is 0 Å². The van der Waals surface area contributed by atoms with Gasteiger partial charge in [0.1, 0.15) is 17.9 Å². The van der Waals surface area contributed by atoms with Crippen LogP contribution in [-0.2, 0) is 0 Å². The summed E-state index contributed by atoms with van der Waals surface area (Å²) in [4.78, 5) is 15.1. The molecule has 0 fully saturated rings. The van der Waals surface area contributed by atoms with E-state index in [0.717, 1.165) is 0 Å². The quantitative estimate of drug-likeness (QED) is 0.808. The third-order valence-corrected chi connectivity index (χ3v) is 2.31. The van der Waals surface area contributed by atoms with E-state index in [1.54, 1.807) is 35.3 Å². The Morgan fingerprint density at radius 1 is 1.41 bits per heavy atom. The number of primary amides is 1. The van der Waals surface area contributed by atoms with Crippen LogP contribution in [0.3, 0.4) is 0 Å². The number of imidazole rings is 1. The molecule has 4 N–H and O–H groups in total. The number of rotatable bonds is 3. The lowest BCUT2D eigenvalue weighted by Gasteiger charge is -2.07. The smallest absolute Gasteiger partial charge is 0.248 e. The molecule has 6 heteroatoms. The van der Waals surface area contributed by atoms with Gasteiger partial charge in [-0.3, -0.25) is 4.79 Å². The minimum atomic E-state index is -0.516. The first-order valence-corrected chi connectivity index (χ1v) is 4.89. The van der Waals surface area contributed by atoms with Gasteiger partial charge in [0.05, 0.1) is 19.0 Å². The Labute approximate surface area is 97.8 Å². The van der Waals surface area contributed by atoms with Crippen LogP contribution in [0.15, 0.2) is 30.7 Å². The summed E-state index contributed by atoms with van der Waals surface area (Å²) in [7, 11) is 1.52. The summed E-state index contributed by atoms with van der Waals surface area (Å²) in [6, 6.07) is 4.98. The Hall–Kier alpha value is -2.50. The molecule has 1 heterocycles. The molecule has 2 aromatic rings. The number of nitrogens with two attached hydrogens (primary N) is 2.